The van der Waals surface area contributed by atoms with Crippen LogP contribution in [0.25, 0.3) is 21.9 Å². The standard InChI is InChI=1S/C21H26N4O4S/c1-13-10-24(11-14(2)29-13)17(26)12-30-21-23-18-15-6-4-5-7-16(15)22-19(18)20(27)25(21)8-9-28-3/h4-7,13-14,22H,8-12H2,1-3H3/t13-,14+. The lowest BCUT2D eigenvalue weighted by Crippen LogP contribution is -2.48. The number of thioether (sulfide) groups is 1. The van der Waals surface area contributed by atoms with Crippen LogP contribution in [-0.2, 0) is 20.8 Å². The van der Waals surface area contributed by atoms with Gasteiger partial charge in [-0.3, -0.25) is 14.2 Å². The van der Waals surface area contributed by atoms with E-state index in [0.29, 0.717) is 42.4 Å². The molecular weight excluding hydrogens is 404 g/mol. The summed E-state index contributed by atoms with van der Waals surface area (Å²) in [6, 6.07) is 7.70. The van der Waals surface area contributed by atoms with Crippen LogP contribution < -0.4 is 5.56 Å². The number of carbonyl (C=O) groups excluding carboxylic acids is 1. The molecule has 3 heterocycles. The van der Waals surface area contributed by atoms with Gasteiger partial charge in [0.25, 0.3) is 5.56 Å². The van der Waals surface area contributed by atoms with Gasteiger partial charge in [-0.1, -0.05) is 30.0 Å². The summed E-state index contributed by atoms with van der Waals surface area (Å²) in [7, 11) is 1.59. The van der Waals surface area contributed by atoms with E-state index in [-0.39, 0.29) is 29.4 Å². The van der Waals surface area contributed by atoms with Gasteiger partial charge in [-0.15, -0.1) is 0 Å². The first-order chi connectivity index (χ1) is 14.5. The van der Waals surface area contributed by atoms with Crippen molar-refractivity contribution in [2.24, 2.45) is 0 Å². The fourth-order valence-electron chi connectivity index (χ4n) is 3.86. The van der Waals surface area contributed by atoms with E-state index in [4.69, 9.17) is 14.5 Å². The van der Waals surface area contributed by atoms with E-state index in [2.05, 4.69) is 4.98 Å². The zero-order valence-corrected chi connectivity index (χ0v) is 18.2. The Morgan fingerprint density at radius 3 is 2.77 bits per heavy atom. The Balaban J connectivity index is 1.65. The highest BCUT2D eigenvalue weighted by Crippen LogP contribution is 2.25. The Bertz CT molecular complexity index is 1120. The van der Waals surface area contributed by atoms with Gasteiger partial charge in [-0.2, -0.15) is 0 Å². The number of carbonyl (C=O) groups is 1. The molecule has 30 heavy (non-hydrogen) atoms. The molecule has 4 rings (SSSR count). The van der Waals surface area contributed by atoms with Crippen LogP contribution >= 0.6 is 11.8 Å². The molecule has 3 aromatic rings. The van der Waals surface area contributed by atoms with Crippen molar-refractivity contribution in [2.45, 2.75) is 37.8 Å². The second-order valence-corrected chi connectivity index (χ2v) is 8.53. The number of para-hydroxylation sites is 1. The van der Waals surface area contributed by atoms with E-state index in [1.807, 2.05) is 43.0 Å². The SMILES string of the molecule is COCCn1c(SCC(=O)N2C[C@@H](C)O[C@@H](C)C2)nc2c([nH]c3ccccc32)c1=O. The number of H-pyrrole nitrogens is 1. The number of morpholine rings is 1. The summed E-state index contributed by atoms with van der Waals surface area (Å²) >= 11 is 1.29. The number of aromatic amines is 1. The highest BCUT2D eigenvalue weighted by molar-refractivity contribution is 7.99. The Kier molecular flexibility index (Phi) is 6.12. The largest absolute Gasteiger partial charge is 0.383 e. The lowest BCUT2D eigenvalue weighted by atomic mass is 10.2. The van der Waals surface area contributed by atoms with Crippen molar-refractivity contribution in [1.29, 1.82) is 0 Å². The summed E-state index contributed by atoms with van der Waals surface area (Å²) in [6.45, 7) is 5.85. The predicted octanol–water partition coefficient (Wildman–Crippen LogP) is 2.25. The van der Waals surface area contributed by atoms with Gasteiger partial charge in [-0.25, -0.2) is 4.98 Å². The van der Waals surface area contributed by atoms with Crippen LogP contribution in [0.15, 0.2) is 34.2 Å². The molecule has 1 amide bonds. The molecule has 1 saturated heterocycles. The number of methoxy groups -OCH3 is 1. The molecule has 0 bridgehead atoms. The maximum Gasteiger partial charge on any atom is 0.278 e. The lowest BCUT2D eigenvalue weighted by molar-refractivity contribution is -0.140. The maximum absolute atomic E-state index is 13.2. The number of nitrogens with one attached hydrogen (secondary N) is 1. The van der Waals surface area contributed by atoms with Gasteiger partial charge in [0.2, 0.25) is 5.91 Å². The number of rotatable bonds is 6. The third kappa shape index (κ3) is 4.10. The topological polar surface area (TPSA) is 89.4 Å². The quantitative estimate of drug-likeness (QED) is 0.477. The first-order valence-electron chi connectivity index (χ1n) is 10.0. The van der Waals surface area contributed by atoms with E-state index in [1.54, 1.807) is 11.7 Å². The van der Waals surface area contributed by atoms with Gasteiger partial charge in [0.1, 0.15) is 11.0 Å². The minimum atomic E-state index is -0.156. The fourth-order valence-corrected chi connectivity index (χ4v) is 4.79. The zero-order chi connectivity index (χ0) is 21.3. The van der Waals surface area contributed by atoms with Crippen molar-refractivity contribution in [3.63, 3.8) is 0 Å². The molecule has 1 aliphatic rings. The van der Waals surface area contributed by atoms with E-state index < -0.39 is 0 Å². The van der Waals surface area contributed by atoms with Crippen molar-refractivity contribution in [3.8, 4) is 0 Å². The summed E-state index contributed by atoms with van der Waals surface area (Å²) in [5, 5.41) is 1.42. The van der Waals surface area contributed by atoms with Crippen LogP contribution in [-0.4, -0.2) is 70.1 Å². The summed E-state index contributed by atoms with van der Waals surface area (Å²) in [5.41, 5.74) is 1.81. The van der Waals surface area contributed by atoms with E-state index in [1.165, 1.54) is 11.8 Å². The first-order valence-corrected chi connectivity index (χ1v) is 11.0. The van der Waals surface area contributed by atoms with Gasteiger partial charge in [0, 0.05) is 31.1 Å². The molecule has 1 fully saturated rings. The van der Waals surface area contributed by atoms with Crippen LogP contribution in [0.5, 0.6) is 0 Å². The number of hydrogen-bond donors (Lipinski definition) is 1. The van der Waals surface area contributed by atoms with Crippen molar-refractivity contribution in [3.05, 3.63) is 34.6 Å². The van der Waals surface area contributed by atoms with Gasteiger partial charge in [0.05, 0.1) is 31.1 Å². The molecule has 1 aromatic carbocycles. The fraction of sp³-hybridized carbons (Fsp3) is 0.476. The maximum atomic E-state index is 13.2. The zero-order valence-electron chi connectivity index (χ0n) is 17.4. The van der Waals surface area contributed by atoms with Gasteiger partial charge >= 0.3 is 0 Å². The number of ether oxygens (including phenoxy) is 2. The molecule has 160 valence electrons. The predicted molar refractivity (Wildman–Crippen MR) is 117 cm³/mol. The van der Waals surface area contributed by atoms with Crippen LogP contribution in [0.1, 0.15) is 13.8 Å². The second kappa shape index (κ2) is 8.79. The van der Waals surface area contributed by atoms with Gasteiger partial charge in [0.15, 0.2) is 5.16 Å². The van der Waals surface area contributed by atoms with E-state index in [0.717, 1.165) is 10.9 Å². The summed E-state index contributed by atoms with van der Waals surface area (Å²) in [5.74, 6) is 0.237. The Labute approximate surface area is 178 Å². The molecular formula is C21H26N4O4S. The number of amides is 1. The summed E-state index contributed by atoms with van der Waals surface area (Å²) in [6.07, 6.45) is 0.0338. The van der Waals surface area contributed by atoms with Crippen molar-refractivity contribution >= 4 is 39.6 Å². The van der Waals surface area contributed by atoms with Gasteiger partial charge < -0.3 is 19.4 Å². The highest BCUT2D eigenvalue weighted by Gasteiger charge is 2.26. The summed E-state index contributed by atoms with van der Waals surface area (Å²) in [4.78, 5) is 35.7. The molecule has 0 saturated carbocycles. The van der Waals surface area contributed by atoms with Crippen molar-refractivity contribution < 1.29 is 14.3 Å². The molecule has 9 heteroatoms. The number of hydrogen-bond acceptors (Lipinski definition) is 6. The number of benzene rings is 1. The normalized spacial score (nSPS) is 19.6. The molecule has 0 spiro atoms. The number of aromatic nitrogens is 3. The van der Waals surface area contributed by atoms with Crippen molar-refractivity contribution in [1.82, 2.24) is 19.4 Å². The average molecular weight is 431 g/mol. The smallest absolute Gasteiger partial charge is 0.278 e. The summed E-state index contributed by atoms with van der Waals surface area (Å²) < 4.78 is 12.5. The molecule has 0 radical (unpaired) electrons. The van der Waals surface area contributed by atoms with E-state index >= 15 is 0 Å². The Morgan fingerprint density at radius 1 is 1.30 bits per heavy atom. The number of nitrogens with zero attached hydrogens (tertiary/aromatic N) is 3. The molecule has 2 atom stereocenters. The monoisotopic (exact) mass is 430 g/mol. The van der Waals surface area contributed by atoms with Crippen LogP contribution in [0.3, 0.4) is 0 Å². The lowest BCUT2D eigenvalue weighted by Gasteiger charge is -2.35. The molecule has 1 aliphatic heterocycles. The first kappa shape index (κ1) is 20.9. The Morgan fingerprint density at radius 2 is 2.03 bits per heavy atom. The molecule has 8 nitrogen and oxygen atoms in total. The minimum absolute atomic E-state index is 0.0169. The van der Waals surface area contributed by atoms with Gasteiger partial charge in [-0.05, 0) is 19.9 Å². The third-order valence-corrected chi connectivity index (χ3v) is 6.15. The van der Waals surface area contributed by atoms with E-state index in [9.17, 15) is 9.59 Å². The van der Waals surface area contributed by atoms with Crippen LogP contribution in [0.4, 0.5) is 0 Å². The third-order valence-electron chi connectivity index (χ3n) is 5.19. The minimum Gasteiger partial charge on any atom is -0.383 e. The molecule has 0 unspecified atom stereocenters. The molecule has 0 aliphatic carbocycles. The highest BCUT2D eigenvalue weighted by atomic mass is 32.2. The second-order valence-electron chi connectivity index (χ2n) is 7.58. The number of fused-ring (bicyclic) bond motifs is 3. The van der Waals surface area contributed by atoms with Crippen LogP contribution in [0, 0.1) is 0 Å². The molecule has 1 N–H and O–H groups in total. The Hall–Kier alpha value is -2.36. The van der Waals surface area contributed by atoms with Crippen molar-refractivity contribution in [2.75, 3.05) is 32.6 Å². The molecule has 2 aromatic heterocycles. The average Bonchev–Trinajstić information content (AvgIpc) is 3.10. The van der Waals surface area contributed by atoms with Crippen LogP contribution in [0.2, 0.25) is 0 Å².